The fourth-order valence-electron chi connectivity index (χ4n) is 1.99. The minimum atomic E-state index is 0.328. The molecule has 1 aromatic carbocycles. The van der Waals surface area contributed by atoms with E-state index in [0.717, 1.165) is 32.3 Å². The summed E-state index contributed by atoms with van der Waals surface area (Å²) in [6.07, 6.45) is 0. The van der Waals surface area contributed by atoms with Crippen LogP contribution in [0.4, 0.5) is 0 Å². The number of benzene rings is 1. The zero-order chi connectivity index (χ0) is 14.0. The van der Waals surface area contributed by atoms with Gasteiger partial charge in [0.05, 0.1) is 5.69 Å². The number of hydrogen-bond acceptors (Lipinski definition) is 3. The molecule has 1 unspecified atom stereocenters. The molecular formula is C14H16BrClN2S. The second-order valence-corrected chi connectivity index (χ2v) is 6.69. The highest BCUT2D eigenvalue weighted by atomic mass is 79.9. The van der Waals surface area contributed by atoms with Crippen molar-refractivity contribution in [1.82, 2.24) is 10.3 Å². The van der Waals surface area contributed by atoms with Gasteiger partial charge in [0.25, 0.3) is 0 Å². The quantitative estimate of drug-likeness (QED) is 0.811. The lowest BCUT2D eigenvalue weighted by Crippen LogP contribution is -2.17. The van der Waals surface area contributed by atoms with Gasteiger partial charge in [-0.25, -0.2) is 4.98 Å². The minimum absolute atomic E-state index is 0.328. The molecule has 2 aromatic rings. The number of nitrogens with zero attached hydrogens (tertiary/aromatic N) is 1. The molecule has 1 aromatic heterocycles. The zero-order valence-corrected chi connectivity index (χ0v) is 14.3. The van der Waals surface area contributed by atoms with E-state index in [1.807, 2.05) is 18.2 Å². The molecule has 0 spiro atoms. The first kappa shape index (κ1) is 15.0. The van der Waals surface area contributed by atoms with Crippen LogP contribution in [-0.2, 0) is 0 Å². The van der Waals surface area contributed by atoms with E-state index in [4.69, 9.17) is 11.6 Å². The van der Waals surface area contributed by atoms with Crippen LogP contribution in [0.25, 0.3) is 10.6 Å². The van der Waals surface area contributed by atoms with E-state index in [-0.39, 0.29) is 0 Å². The summed E-state index contributed by atoms with van der Waals surface area (Å²) in [5, 5.41) is 5.16. The van der Waals surface area contributed by atoms with Crippen LogP contribution in [0, 0.1) is 6.92 Å². The maximum atomic E-state index is 6.07. The van der Waals surface area contributed by atoms with Crippen LogP contribution in [0.15, 0.2) is 22.7 Å². The molecule has 0 radical (unpaired) electrons. The average Bonchev–Trinajstić information content (AvgIpc) is 2.74. The summed E-state index contributed by atoms with van der Waals surface area (Å²) in [7, 11) is 0. The van der Waals surface area contributed by atoms with E-state index >= 15 is 0 Å². The third-order valence-electron chi connectivity index (χ3n) is 2.89. The zero-order valence-electron chi connectivity index (χ0n) is 11.1. The summed E-state index contributed by atoms with van der Waals surface area (Å²) in [6, 6.07) is 6.11. The van der Waals surface area contributed by atoms with Crippen molar-refractivity contribution in [2.24, 2.45) is 0 Å². The van der Waals surface area contributed by atoms with E-state index in [1.165, 1.54) is 4.88 Å². The van der Waals surface area contributed by atoms with Crippen molar-refractivity contribution < 1.29 is 0 Å². The highest BCUT2D eigenvalue weighted by Gasteiger charge is 2.16. The number of hydrogen-bond donors (Lipinski definition) is 1. The number of nitrogens with one attached hydrogen (secondary N) is 1. The van der Waals surface area contributed by atoms with Crippen LogP contribution in [0.2, 0.25) is 5.02 Å². The van der Waals surface area contributed by atoms with Crippen molar-refractivity contribution in [3.05, 3.63) is 38.3 Å². The SMILES string of the molecule is CCNC(C)c1sc(-c2cc(Cl)ccc2Br)nc1C. The molecule has 0 aliphatic rings. The van der Waals surface area contributed by atoms with Gasteiger partial charge in [-0.05, 0) is 38.6 Å². The largest absolute Gasteiger partial charge is 0.310 e. The van der Waals surface area contributed by atoms with Crippen molar-refractivity contribution in [3.8, 4) is 10.6 Å². The van der Waals surface area contributed by atoms with Gasteiger partial charge in [0.1, 0.15) is 5.01 Å². The molecule has 0 saturated carbocycles. The molecule has 1 N–H and O–H groups in total. The van der Waals surface area contributed by atoms with Gasteiger partial charge in [0, 0.05) is 26.0 Å². The molecule has 0 saturated heterocycles. The predicted octanol–water partition coefficient (Wildman–Crippen LogP) is 5.20. The topological polar surface area (TPSA) is 24.9 Å². The Kier molecular flexibility index (Phi) is 5.01. The van der Waals surface area contributed by atoms with E-state index in [0.29, 0.717) is 6.04 Å². The summed E-state index contributed by atoms with van der Waals surface area (Å²) in [5.74, 6) is 0. The maximum Gasteiger partial charge on any atom is 0.125 e. The Morgan fingerprint density at radius 2 is 2.21 bits per heavy atom. The van der Waals surface area contributed by atoms with Crippen LogP contribution in [-0.4, -0.2) is 11.5 Å². The third-order valence-corrected chi connectivity index (χ3v) is 5.19. The molecule has 102 valence electrons. The number of aryl methyl sites for hydroxylation is 1. The summed E-state index contributed by atoms with van der Waals surface area (Å²) < 4.78 is 1.02. The summed E-state index contributed by atoms with van der Waals surface area (Å²) in [6.45, 7) is 7.29. The first-order chi connectivity index (χ1) is 9.02. The number of aromatic nitrogens is 1. The van der Waals surface area contributed by atoms with Gasteiger partial charge in [-0.15, -0.1) is 11.3 Å². The van der Waals surface area contributed by atoms with Gasteiger partial charge in [-0.3, -0.25) is 0 Å². The summed E-state index contributed by atoms with van der Waals surface area (Å²) in [4.78, 5) is 5.96. The van der Waals surface area contributed by atoms with Crippen LogP contribution in [0.5, 0.6) is 0 Å². The second kappa shape index (κ2) is 6.35. The maximum absolute atomic E-state index is 6.07. The van der Waals surface area contributed by atoms with Crippen LogP contribution in [0.3, 0.4) is 0 Å². The lowest BCUT2D eigenvalue weighted by atomic mass is 10.2. The lowest BCUT2D eigenvalue weighted by Gasteiger charge is -2.10. The van der Waals surface area contributed by atoms with Crippen LogP contribution < -0.4 is 5.32 Å². The molecule has 2 rings (SSSR count). The molecule has 2 nitrogen and oxygen atoms in total. The molecule has 19 heavy (non-hydrogen) atoms. The first-order valence-electron chi connectivity index (χ1n) is 6.19. The molecule has 0 fully saturated rings. The molecule has 5 heteroatoms. The molecule has 1 atom stereocenters. The number of halogens is 2. The molecule has 0 aliphatic heterocycles. The van der Waals surface area contributed by atoms with Gasteiger partial charge in [-0.1, -0.05) is 34.5 Å². The Morgan fingerprint density at radius 3 is 2.89 bits per heavy atom. The van der Waals surface area contributed by atoms with Crippen LogP contribution >= 0.6 is 38.9 Å². The summed E-state index contributed by atoms with van der Waals surface area (Å²) in [5.41, 5.74) is 2.14. The lowest BCUT2D eigenvalue weighted by molar-refractivity contribution is 0.603. The highest BCUT2D eigenvalue weighted by molar-refractivity contribution is 9.10. The van der Waals surface area contributed by atoms with E-state index in [9.17, 15) is 0 Å². The Labute approximate surface area is 131 Å². The Morgan fingerprint density at radius 1 is 1.47 bits per heavy atom. The van der Waals surface area contributed by atoms with Crippen LogP contribution in [0.1, 0.15) is 30.5 Å². The highest BCUT2D eigenvalue weighted by Crippen LogP contribution is 2.36. The smallest absolute Gasteiger partial charge is 0.125 e. The fourth-order valence-corrected chi connectivity index (χ4v) is 3.85. The van der Waals surface area contributed by atoms with Crippen molar-refractivity contribution in [3.63, 3.8) is 0 Å². The first-order valence-corrected chi connectivity index (χ1v) is 8.17. The minimum Gasteiger partial charge on any atom is -0.310 e. The van der Waals surface area contributed by atoms with E-state index < -0.39 is 0 Å². The molecule has 0 aliphatic carbocycles. The predicted molar refractivity (Wildman–Crippen MR) is 87.1 cm³/mol. The number of thiazole rings is 1. The number of rotatable bonds is 4. The standard InChI is InChI=1S/C14H16BrClN2S/c1-4-17-8(2)13-9(3)18-14(19-13)11-7-10(16)5-6-12(11)15/h5-8,17H,4H2,1-3H3. The molecular weight excluding hydrogens is 344 g/mol. The van der Waals surface area contributed by atoms with Gasteiger partial charge in [0.15, 0.2) is 0 Å². The van der Waals surface area contributed by atoms with Gasteiger partial charge >= 0.3 is 0 Å². The van der Waals surface area contributed by atoms with E-state index in [2.05, 4.69) is 47.0 Å². The Hall–Kier alpha value is -0.420. The average molecular weight is 360 g/mol. The van der Waals surface area contributed by atoms with Gasteiger partial charge in [-0.2, -0.15) is 0 Å². The van der Waals surface area contributed by atoms with Crippen molar-refractivity contribution in [2.45, 2.75) is 26.8 Å². The van der Waals surface area contributed by atoms with Gasteiger partial charge in [0.2, 0.25) is 0 Å². The molecule has 0 bridgehead atoms. The molecule has 0 amide bonds. The van der Waals surface area contributed by atoms with E-state index in [1.54, 1.807) is 11.3 Å². The fraction of sp³-hybridized carbons (Fsp3) is 0.357. The van der Waals surface area contributed by atoms with Crippen molar-refractivity contribution >= 4 is 38.9 Å². The summed E-state index contributed by atoms with van der Waals surface area (Å²) >= 11 is 11.4. The monoisotopic (exact) mass is 358 g/mol. The Balaban J connectivity index is 2.41. The Bertz CT molecular complexity index is 583. The molecule has 1 heterocycles. The normalized spacial score (nSPS) is 12.7. The van der Waals surface area contributed by atoms with Crippen molar-refractivity contribution in [1.29, 1.82) is 0 Å². The van der Waals surface area contributed by atoms with Gasteiger partial charge < -0.3 is 5.32 Å². The van der Waals surface area contributed by atoms with Crippen molar-refractivity contribution in [2.75, 3.05) is 6.54 Å². The third kappa shape index (κ3) is 3.37. The second-order valence-electron chi connectivity index (χ2n) is 4.37.